The highest BCUT2D eigenvalue weighted by atomic mass is 15.0. The van der Waals surface area contributed by atoms with E-state index in [1.807, 2.05) is 18.2 Å². The van der Waals surface area contributed by atoms with E-state index in [1.165, 1.54) is 65.7 Å². The van der Waals surface area contributed by atoms with Crippen LogP contribution in [0.15, 0.2) is 212 Å². The Hall–Kier alpha value is -7.62. The highest BCUT2D eigenvalue weighted by Gasteiger charge is 2.16. The van der Waals surface area contributed by atoms with Crippen molar-refractivity contribution >= 4 is 43.4 Å². The van der Waals surface area contributed by atoms with Crippen molar-refractivity contribution in [2.24, 2.45) is 0 Å². The van der Waals surface area contributed by atoms with Gasteiger partial charge in [-0.3, -0.25) is 0 Å². The number of rotatable bonds is 6. The number of hydrogen-bond donors (Lipinski definition) is 0. The first kappa shape index (κ1) is 32.8. The van der Waals surface area contributed by atoms with Gasteiger partial charge in [-0.1, -0.05) is 188 Å². The molecule has 3 heteroatoms. The zero-order valence-electron chi connectivity index (χ0n) is 31.0. The Labute approximate surface area is 330 Å². The van der Waals surface area contributed by atoms with Crippen LogP contribution < -0.4 is 0 Å². The average Bonchev–Trinajstić information content (AvgIpc) is 3.63. The van der Waals surface area contributed by atoms with Gasteiger partial charge in [-0.25, -0.2) is 9.97 Å². The van der Waals surface area contributed by atoms with Crippen molar-refractivity contribution in [1.29, 1.82) is 0 Å². The second-order valence-corrected chi connectivity index (χ2v) is 14.6. The molecule has 2 aromatic heterocycles. The van der Waals surface area contributed by atoms with E-state index in [0.717, 1.165) is 33.6 Å². The van der Waals surface area contributed by atoms with E-state index >= 15 is 0 Å². The van der Waals surface area contributed by atoms with E-state index in [9.17, 15) is 0 Å². The van der Waals surface area contributed by atoms with Crippen molar-refractivity contribution in [2.45, 2.75) is 0 Å². The molecule has 0 aliphatic heterocycles. The molecule has 0 aliphatic carbocycles. The molecule has 0 N–H and O–H groups in total. The molecule has 9 aromatic carbocycles. The maximum Gasteiger partial charge on any atom is 0.160 e. The Kier molecular flexibility index (Phi) is 7.82. The third-order valence-corrected chi connectivity index (χ3v) is 11.3. The summed E-state index contributed by atoms with van der Waals surface area (Å²) < 4.78 is 2.41. The minimum Gasteiger partial charge on any atom is -0.309 e. The predicted molar refractivity (Wildman–Crippen MR) is 239 cm³/mol. The molecule has 0 aliphatic rings. The summed E-state index contributed by atoms with van der Waals surface area (Å²) in [7, 11) is 0. The SMILES string of the molecule is c1ccc(-c2nc(-c3ccc(-c4cccc5ccccc45)cc3)cc(-c3ccc(-c4ccc(-n5c6ccccc6c6ccccc65)c5ccccc45)cc3)n2)cc1. The van der Waals surface area contributed by atoms with Gasteiger partial charge in [0.25, 0.3) is 0 Å². The average molecular weight is 726 g/mol. The first-order valence-electron chi connectivity index (χ1n) is 19.4. The van der Waals surface area contributed by atoms with Crippen molar-refractivity contribution < 1.29 is 0 Å². The molecule has 0 saturated heterocycles. The second kappa shape index (κ2) is 13.6. The van der Waals surface area contributed by atoms with Crippen LogP contribution in [0.3, 0.4) is 0 Å². The third kappa shape index (κ3) is 5.68. The van der Waals surface area contributed by atoms with Gasteiger partial charge in [0.1, 0.15) is 0 Å². The van der Waals surface area contributed by atoms with Crippen LogP contribution in [0.5, 0.6) is 0 Å². The highest BCUT2D eigenvalue weighted by molar-refractivity contribution is 6.11. The van der Waals surface area contributed by atoms with Gasteiger partial charge in [0.05, 0.1) is 28.1 Å². The topological polar surface area (TPSA) is 30.7 Å². The summed E-state index contributed by atoms with van der Waals surface area (Å²) in [5.74, 6) is 0.706. The molecule has 0 saturated carbocycles. The van der Waals surface area contributed by atoms with Gasteiger partial charge in [0.2, 0.25) is 0 Å². The third-order valence-electron chi connectivity index (χ3n) is 11.3. The molecule has 266 valence electrons. The summed E-state index contributed by atoms with van der Waals surface area (Å²) in [5, 5.41) is 7.44. The standard InChI is InChI=1S/C54H35N3/c1-2-14-41(15-3-1)54-55-49(39-29-25-37(26-30-39)43-22-12-16-36-13-4-5-17-42(36)43)35-50(56-54)40-31-27-38(28-32-40)44-33-34-53(46-19-7-6-18-45(44)46)57-51-23-10-8-20-47(51)48-21-9-11-24-52(48)57/h1-35H. The van der Waals surface area contributed by atoms with Gasteiger partial charge in [-0.15, -0.1) is 0 Å². The smallest absolute Gasteiger partial charge is 0.160 e. The van der Waals surface area contributed by atoms with Gasteiger partial charge in [-0.2, -0.15) is 0 Å². The van der Waals surface area contributed by atoms with Crippen LogP contribution in [0.25, 0.3) is 105 Å². The first-order chi connectivity index (χ1) is 28.3. The van der Waals surface area contributed by atoms with Crippen LogP contribution in [0.4, 0.5) is 0 Å². The molecular formula is C54H35N3. The van der Waals surface area contributed by atoms with Crippen molar-refractivity contribution in [2.75, 3.05) is 0 Å². The minimum absolute atomic E-state index is 0.706. The number of para-hydroxylation sites is 2. The highest BCUT2D eigenvalue weighted by Crippen LogP contribution is 2.39. The zero-order valence-corrected chi connectivity index (χ0v) is 31.0. The molecule has 0 unspecified atom stereocenters. The fourth-order valence-electron chi connectivity index (χ4n) is 8.49. The van der Waals surface area contributed by atoms with E-state index in [4.69, 9.17) is 9.97 Å². The number of benzene rings is 9. The minimum atomic E-state index is 0.706. The van der Waals surface area contributed by atoms with E-state index in [0.29, 0.717) is 5.82 Å². The Balaban J connectivity index is 0.983. The number of nitrogens with zero attached hydrogens (tertiary/aromatic N) is 3. The van der Waals surface area contributed by atoms with Gasteiger partial charge in [0.15, 0.2) is 5.82 Å². The van der Waals surface area contributed by atoms with Crippen LogP contribution in [0, 0.1) is 0 Å². The number of aromatic nitrogens is 3. The molecule has 0 bridgehead atoms. The van der Waals surface area contributed by atoms with Crippen LogP contribution in [0.2, 0.25) is 0 Å². The fourth-order valence-corrected chi connectivity index (χ4v) is 8.49. The van der Waals surface area contributed by atoms with Crippen molar-refractivity contribution in [3.05, 3.63) is 212 Å². The molecule has 11 aromatic rings. The lowest BCUT2D eigenvalue weighted by Crippen LogP contribution is -1.97. The maximum atomic E-state index is 5.13. The molecule has 0 radical (unpaired) electrons. The Bertz CT molecular complexity index is 3210. The fraction of sp³-hybridized carbons (Fsp3) is 0. The van der Waals surface area contributed by atoms with Crippen LogP contribution in [0.1, 0.15) is 0 Å². The quantitative estimate of drug-likeness (QED) is 0.171. The second-order valence-electron chi connectivity index (χ2n) is 14.6. The lowest BCUT2D eigenvalue weighted by molar-refractivity contribution is 1.18. The molecule has 11 rings (SSSR count). The van der Waals surface area contributed by atoms with Crippen LogP contribution >= 0.6 is 0 Å². The van der Waals surface area contributed by atoms with E-state index < -0.39 is 0 Å². The monoisotopic (exact) mass is 725 g/mol. The van der Waals surface area contributed by atoms with Gasteiger partial charge >= 0.3 is 0 Å². The summed E-state index contributed by atoms with van der Waals surface area (Å²) in [6.45, 7) is 0. The van der Waals surface area contributed by atoms with Crippen LogP contribution in [-0.2, 0) is 0 Å². The van der Waals surface area contributed by atoms with E-state index in [-0.39, 0.29) is 0 Å². The lowest BCUT2D eigenvalue weighted by atomic mass is 9.95. The molecule has 57 heavy (non-hydrogen) atoms. The molecule has 3 nitrogen and oxygen atoms in total. The summed E-state index contributed by atoms with van der Waals surface area (Å²) in [5.41, 5.74) is 13.2. The van der Waals surface area contributed by atoms with Gasteiger partial charge < -0.3 is 4.57 Å². The Morgan fingerprint density at radius 1 is 0.298 bits per heavy atom. The summed E-state index contributed by atoms with van der Waals surface area (Å²) in [6, 6.07) is 75.7. The maximum absolute atomic E-state index is 5.13. The van der Waals surface area contributed by atoms with Gasteiger partial charge in [-0.05, 0) is 62.7 Å². The van der Waals surface area contributed by atoms with Crippen LogP contribution in [-0.4, -0.2) is 14.5 Å². The van der Waals surface area contributed by atoms with Gasteiger partial charge in [0, 0.05) is 32.8 Å². The van der Waals surface area contributed by atoms with Crippen molar-refractivity contribution in [3.63, 3.8) is 0 Å². The molecular weight excluding hydrogens is 691 g/mol. The van der Waals surface area contributed by atoms with Crippen molar-refractivity contribution in [3.8, 4) is 61.8 Å². The molecule has 2 heterocycles. The molecule has 0 spiro atoms. The lowest BCUT2D eigenvalue weighted by Gasteiger charge is -2.15. The normalized spacial score (nSPS) is 11.5. The molecule has 0 amide bonds. The summed E-state index contributed by atoms with van der Waals surface area (Å²) >= 11 is 0. The van der Waals surface area contributed by atoms with Crippen molar-refractivity contribution in [1.82, 2.24) is 14.5 Å². The van der Waals surface area contributed by atoms with E-state index in [1.54, 1.807) is 0 Å². The predicted octanol–water partition coefficient (Wildman–Crippen LogP) is 14.2. The first-order valence-corrected chi connectivity index (χ1v) is 19.4. The number of hydrogen-bond acceptors (Lipinski definition) is 2. The Morgan fingerprint density at radius 2 is 0.772 bits per heavy atom. The largest absolute Gasteiger partial charge is 0.309 e. The van der Waals surface area contributed by atoms with E-state index in [2.05, 4.69) is 199 Å². The molecule has 0 fully saturated rings. The zero-order chi connectivity index (χ0) is 37.7. The Morgan fingerprint density at radius 3 is 1.40 bits per heavy atom. The molecule has 0 atom stereocenters. The number of fused-ring (bicyclic) bond motifs is 5. The summed E-state index contributed by atoms with van der Waals surface area (Å²) in [6.07, 6.45) is 0. The summed E-state index contributed by atoms with van der Waals surface area (Å²) in [4.78, 5) is 10.2.